The molecular formula is C29H22FNO4. The first-order chi connectivity index (χ1) is 16.9. The van der Waals surface area contributed by atoms with Crippen LogP contribution in [0.2, 0.25) is 0 Å². The zero-order chi connectivity index (χ0) is 24.5. The minimum atomic E-state index is -1.53. The molecule has 0 N–H and O–H groups in total. The second-order valence-electron chi connectivity index (χ2n) is 9.29. The van der Waals surface area contributed by atoms with Crippen LogP contribution >= 0.6 is 0 Å². The number of hydrogen-bond donors (Lipinski definition) is 0. The highest BCUT2D eigenvalue weighted by molar-refractivity contribution is 6.32. The Bertz CT molecular complexity index is 1410. The van der Waals surface area contributed by atoms with Crippen LogP contribution < -0.4 is 9.64 Å². The number of Topliss-reactive ketones (excluding diaryl/α,β-unsaturated/α-hetero) is 3. The third kappa shape index (κ3) is 2.71. The SMILES string of the molecule is COc1ccc([C@H]2[C@@H](C(C)=O)N3c4ccc(F)cc4C=C[C@@H]3C23C(=O)c2ccccc2C3=O)cc1. The molecule has 0 saturated carbocycles. The van der Waals surface area contributed by atoms with Gasteiger partial charge in [0.2, 0.25) is 0 Å². The van der Waals surface area contributed by atoms with Crippen LogP contribution in [0, 0.1) is 11.2 Å². The zero-order valence-electron chi connectivity index (χ0n) is 19.2. The van der Waals surface area contributed by atoms with Gasteiger partial charge in [-0.2, -0.15) is 0 Å². The molecule has 6 heteroatoms. The fourth-order valence-corrected chi connectivity index (χ4v) is 6.29. The van der Waals surface area contributed by atoms with Gasteiger partial charge in [-0.25, -0.2) is 4.39 Å². The summed E-state index contributed by atoms with van der Waals surface area (Å²) in [6.45, 7) is 1.48. The second kappa shape index (κ2) is 7.47. The van der Waals surface area contributed by atoms with Crippen LogP contribution in [0.5, 0.6) is 5.75 Å². The van der Waals surface area contributed by atoms with Gasteiger partial charge in [-0.1, -0.05) is 48.6 Å². The third-order valence-electron chi connectivity index (χ3n) is 7.66. The highest BCUT2D eigenvalue weighted by atomic mass is 19.1. The van der Waals surface area contributed by atoms with Gasteiger partial charge in [0.05, 0.1) is 19.2 Å². The minimum absolute atomic E-state index is 0.171. The number of halogens is 1. The van der Waals surface area contributed by atoms with Gasteiger partial charge in [0.25, 0.3) is 0 Å². The van der Waals surface area contributed by atoms with E-state index >= 15 is 0 Å². The number of hydrogen-bond acceptors (Lipinski definition) is 5. The molecule has 0 amide bonds. The number of anilines is 1. The quantitative estimate of drug-likeness (QED) is 0.515. The van der Waals surface area contributed by atoms with Gasteiger partial charge in [-0.05, 0) is 42.8 Å². The van der Waals surface area contributed by atoms with Gasteiger partial charge in [0.1, 0.15) is 17.0 Å². The summed E-state index contributed by atoms with van der Waals surface area (Å²) in [5.74, 6) is -1.25. The van der Waals surface area contributed by atoms with Crippen molar-refractivity contribution in [2.45, 2.75) is 24.9 Å². The Labute approximate surface area is 201 Å². The molecule has 0 radical (unpaired) electrons. The standard InChI is InChI=1S/C29H22FNO4/c1-16(32)26-25(17-7-11-20(35-2)12-8-17)29(27(33)21-5-3-4-6-22(21)28(29)34)24-14-9-18-15-19(30)10-13-23(18)31(24)26/h3-15,24-26H,1-2H3/t24-,25+,26-/m1/s1. The molecule has 0 aromatic heterocycles. The summed E-state index contributed by atoms with van der Waals surface area (Å²) in [6.07, 6.45) is 3.53. The van der Waals surface area contributed by atoms with Gasteiger partial charge in [0.15, 0.2) is 17.3 Å². The summed E-state index contributed by atoms with van der Waals surface area (Å²) >= 11 is 0. The highest BCUT2D eigenvalue weighted by Gasteiger charge is 2.71. The van der Waals surface area contributed by atoms with Crippen LogP contribution in [0.15, 0.2) is 72.8 Å². The van der Waals surface area contributed by atoms with Crippen LogP contribution in [0.4, 0.5) is 10.1 Å². The molecule has 6 rings (SSSR count). The maximum atomic E-state index is 14.2. The predicted molar refractivity (Wildman–Crippen MR) is 129 cm³/mol. The molecule has 2 heterocycles. The van der Waals surface area contributed by atoms with Crippen molar-refractivity contribution in [1.82, 2.24) is 0 Å². The van der Waals surface area contributed by atoms with E-state index in [1.54, 1.807) is 61.7 Å². The topological polar surface area (TPSA) is 63.7 Å². The molecule has 174 valence electrons. The lowest BCUT2D eigenvalue weighted by molar-refractivity contribution is -0.118. The van der Waals surface area contributed by atoms with E-state index in [1.807, 2.05) is 17.0 Å². The number of methoxy groups -OCH3 is 1. The summed E-state index contributed by atoms with van der Waals surface area (Å²) in [5, 5.41) is 0. The van der Waals surface area contributed by atoms with E-state index in [0.29, 0.717) is 33.7 Å². The number of ether oxygens (including phenoxy) is 1. The number of fused-ring (bicyclic) bond motifs is 5. The van der Waals surface area contributed by atoms with Crippen LogP contribution in [-0.2, 0) is 4.79 Å². The van der Waals surface area contributed by atoms with E-state index in [4.69, 9.17) is 4.74 Å². The Balaban J connectivity index is 1.66. The molecule has 2 aliphatic heterocycles. The largest absolute Gasteiger partial charge is 0.497 e. The fourth-order valence-electron chi connectivity index (χ4n) is 6.29. The van der Waals surface area contributed by atoms with Crippen molar-refractivity contribution in [3.63, 3.8) is 0 Å². The summed E-state index contributed by atoms with van der Waals surface area (Å²) in [5.41, 5.74) is 1.15. The van der Waals surface area contributed by atoms with Crippen molar-refractivity contribution in [1.29, 1.82) is 0 Å². The first-order valence-corrected chi connectivity index (χ1v) is 11.5. The van der Waals surface area contributed by atoms with Crippen molar-refractivity contribution < 1.29 is 23.5 Å². The van der Waals surface area contributed by atoms with Crippen LogP contribution in [0.25, 0.3) is 6.08 Å². The van der Waals surface area contributed by atoms with Gasteiger partial charge in [0, 0.05) is 28.3 Å². The summed E-state index contributed by atoms with van der Waals surface area (Å²) < 4.78 is 19.4. The summed E-state index contributed by atoms with van der Waals surface area (Å²) in [6, 6.07) is 16.9. The van der Waals surface area contributed by atoms with Crippen LogP contribution in [-0.4, -0.2) is 36.5 Å². The maximum absolute atomic E-state index is 14.2. The number of benzene rings is 3. The number of ketones is 3. The molecule has 0 unspecified atom stereocenters. The summed E-state index contributed by atoms with van der Waals surface area (Å²) in [7, 11) is 1.56. The van der Waals surface area contributed by atoms with E-state index in [9.17, 15) is 18.8 Å². The van der Waals surface area contributed by atoms with Crippen molar-refractivity contribution in [2.24, 2.45) is 5.41 Å². The van der Waals surface area contributed by atoms with Gasteiger partial charge in [-0.3, -0.25) is 14.4 Å². The predicted octanol–water partition coefficient (Wildman–Crippen LogP) is 4.86. The highest BCUT2D eigenvalue weighted by Crippen LogP contribution is 2.60. The average Bonchev–Trinajstić information content (AvgIpc) is 3.30. The maximum Gasteiger partial charge on any atom is 0.180 e. The number of rotatable bonds is 3. The Hall–Kier alpha value is -4.06. The molecule has 1 fully saturated rings. The Morgan fingerprint density at radius 3 is 2.23 bits per heavy atom. The molecule has 3 aliphatic rings. The molecule has 3 aromatic rings. The number of carbonyl (C=O) groups is 3. The molecule has 3 atom stereocenters. The van der Waals surface area contributed by atoms with Gasteiger partial charge >= 0.3 is 0 Å². The van der Waals surface area contributed by atoms with Crippen molar-refractivity contribution in [3.05, 3.63) is 101 Å². The summed E-state index contributed by atoms with van der Waals surface area (Å²) in [4.78, 5) is 43.7. The minimum Gasteiger partial charge on any atom is -0.497 e. The normalized spacial score (nSPS) is 23.3. The van der Waals surface area contributed by atoms with Crippen LogP contribution in [0.1, 0.15) is 44.7 Å². The monoisotopic (exact) mass is 467 g/mol. The van der Waals surface area contributed by atoms with E-state index < -0.39 is 29.2 Å². The molecule has 1 spiro atoms. The van der Waals surface area contributed by atoms with E-state index in [0.717, 1.165) is 0 Å². The molecule has 1 aliphatic carbocycles. The number of nitrogens with zero attached hydrogens (tertiary/aromatic N) is 1. The molecule has 35 heavy (non-hydrogen) atoms. The smallest absolute Gasteiger partial charge is 0.180 e. The second-order valence-corrected chi connectivity index (χ2v) is 9.29. The van der Waals surface area contributed by atoms with Crippen molar-refractivity contribution >= 4 is 29.1 Å². The Morgan fingerprint density at radius 1 is 0.971 bits per heavy atom. The lowest BCUT2D eigenvalue weighted by Gasteiger charge is -2.37. The molecule has 1 saturated heterocycles. The zero-order valence-corrected chi connectivity index (χ0v) is 19.2. The fraction of sp³-hybridized carbons (Fsp3) is 0.207. The number of carbonyl (C=O) groups excluding carboxylic acids is 3. The lowest BCUT2D eigenvalue weighted by Crippen LogP contribution is -2.48. The Morgan fingerprint density at radius 2 is 1.63 bits per heavy atom. The molecule has 3 aromatic carbocycles. The lowest BCUT2D eigenvalue weighted by atomic mass is 9.64. The third-order valence-corrected chi connectivity index (χ3v) is 7.66. The van der Waals surface area contributed by atoms with E-state index in [1.165, 1.54) is 19.1 Å². The van der Waals surface area contributed by atoms with Crippen molar-refractivity contribution in [3.8, 4) is 5.75 Å². The molecular weight excluding hydrogens is 445 g/mol. The van der Waals surface area contributed by atoms with Gasteiger partial charge in [-0.15, -0.1) is 0 Å². The van der Waals surface area contributed by atoms with E-state index in [-0.39, 0.29) is 17.3 Å². The Kier molecular flexibility index (Phi) is 4.58. The first-order valence-electron chi connectivity index (χ1n) is 11.5. The van der Waals surface area contributed by atoms with Gasteiger partial charge < -0.3 is 9.64 Å². The van der Waals surface area contributed by atoms with Crippen molar-refractivity contribution in [2.75, 3.05) is 12.0 Å². The molecule has 5 nitrogen and oxygen atoms in total. The first kappa shape index (κ1) is 21.5. The average molecular weight is 467 g/mol. The van der Waals surface area contributed by atoms with Crippen LogP contribution in [0.3, 0.4) is 0 Å². The molecule has 0 bridgehead atoms. The van der Waals surface area contributed by atoms with E-state index in [2.05, 4.69) is 0 Å².